The number of pyridine rings is 1. The number of amides is 1. The van der Waals surface area contributed by atoms with E-state index in [-0.39, 0.29) is 11.9 Å². The molecule has 1 aliphatic carbocycles. The summed E-state index contributed by atoms with van der Waals surface area (Å²) in [6, 6.07) is 4.83. The zero-order chi connectivity index (χ0) is 15.3. The Bertz CT molecular complexity index is 465. The minimum atomic E-state index is -4.32. The van der Waals surface area contributed by atoms with Crippen molar-refractivity contribution in [1.82, 2.24) is 10.3 Å². The zero-order valence-corrected chi connectivity index (χ0v) is 11.4. The summed E-state index contributed by atoms with van der Waals surface area (Å²) in [6.07, 6.45) is -0.801. The molecule has 1 saturated carbocycles. The Hall–Kier alpha value is -1.63. The molecule has 1 aromatic rings. The summed E-state index contributed by atoms with van der Waals surface area (Å²) >= 11 is 0. The van der Waals surface area contributed by atoms with Gasteiger partial charge in [-0.15, -0.1) is 0 Å². The number of aromatic nitrogens is 1. The fraction of sp³-hybridized carbons (Fsp3) is 0.571. The van der Waals surface area contributed by atoms with Gasteiger partial charge in [-0.1, -0.05) is 6.07 Å². The van der Waals surface area contributed by atoms with Crippen LogP contribution in [0.25, 0.3) is 0 Å². The number of halogens is 3. The van der Waals surface area contributed by atoms with Crippen molar-refractivity contribution in [3.05, 3.63) is 30.1 Å². The standard InChI is InChI=1S/C14H17F3N2O2/c15-14(16,17)9-21-11-5-3-4-10(8-11)19-13(20)12-6-1-2-7-18-12/h1-2,6-7,10-11H,3-5,8-9H2,(H,19,20)/t10-,11+/m0/s1. The van der Waals surface area contributed by atoms with E-state index in [9.17, 15) is 18.0 Å². The Labute approximate surface area is 120 Å². The maximum Gasteiger partial charge on any atom is 0.411 e. The molecule has 2 atom stereocenters. The molecule has 1 amide bonds. The minimum Gasteiger partial charge on any atom is -0.369 e. The first-order valence-corrected chi connectivity index (χ1v) is 6.84. The number of carbonyl (C=O) groups is 1. The van der Waals surface area contributed by atoms with Crippen LogP contribution < -0.4 is 5.32 Å². The van der Waals surface area contributed by atoms with Crippen molar-refractivity contribution in [1.29, 1.82) is 0 Å². The predicted molar refractivity (Wildman–Crippen MR) is 69.8 cm³/mol. The summed E-state index contributed by atoms with van der Waals surface area (Å²) in [6.45, 7) is -1.24. The van der Waals surface area contributed by atoms with Gasteiger partial charge in [-0.05, 0) is 37.8 Å². The second-order valence-corrected chi connectivity index (χ2v) is 5.10. The number of nitrogens with one attached hydrogen (secondary N) is 1. The predicted octanol–water partition coefficient (Wildman–Crippen LogP) is 2.70. The molecular formula is C14H17F3N2O2. The van der Waals surface area contributed by atoms with E-state index >= 15 is 0 Å². The Morgan fingerprint density at radius 3 is 2.86 bits per heavy atom. The molecule has 1 aliphatic rings. The molecule has 0 bridgehead atoms. The quantitative estimate of drug-likeness (QED) is 0.930. The summed E-state index contributed by atoms with van der Waals surface area (Å²) in [4.78, 5) is 15.9. The number of alkyl halides is 3. The van der Waals surface area contributed by atoms with Gasteiger partial charge in [-0.3, -0.25) is 9.78 Å². The summed E-state index contributed by atoms with van der Waals surface area (Å²) in [5.41, 5.74) is 0.302. The van der Waals surface area contributed by atoms with E-state index < -0.39 is 18.9 Å². The maximum atomic E-state index is 12.1. The summed E-state index contributed by atoms with van der Waals surface area (Å²) < 4.78 is 41.3. The van der Waals surface area contributed by atoms with Crippen LogP contribution in [0, 0.1) is 0 Å². The Balaban J connectivity index is 1.82. The smallest absolute Gasteiger partial charge is 0.369 e. The summed E-state index contributed by atoms with van der Waals surface area (Å²) in [5.74, 6) is -0.308. The zero-order valence-electron chi connectivity index (χ0n) is 11.4. The second kappa shape index (κ2) is 6.89. The molecule has 7 heteroatoms. The first-order valence-electron chi connectivity index (χ1n) is 6.84. The molecule has 0 aromatic carbocycles. The molecule has 2 rings (SSSR count). The highest BCUT2D eigenvalue weighted by atomic mass is 19.4. The van der Waals surface area contributed by atoms with E-state index in [1.54, 1.807) is 18.2 Å². The van der Waals surface area contributed by atoms with E-state index in [0.29, 0.717) is 18.5 Å². The van der Waals surface area contributed by atoms with Gasteiger partial charge in [-0.25, -0.2) is 0 Å². The number of hydrogen-bond donors (Lipinski definition) is 1. The highest BCUT2D eigenvalue weighted by Crippen LogP contribution is 2.24. The molecule has 1 fully saturated rings. The largest absolute Gasteiger partial charge is 0.411 e. The highest BCUT2D eigenvalue weighted by molar-refractivity contribution is 5.92. The van der Waals surface area contributed by atoms with Crippen LogP contribution in [0.2, 0.25) is 0 Å². The van der Waals surface area contributed by atoms with Crippen LogP contribution >= 0.6 is 0 Å². The van der Waals surface area contributed by atoms with Crippen LogP contribution in [-0.4, -0.2) is 35.8 Å². The Morgan fingerprint density at radius 2 is 2.19 bits per heavy atom. The molecule has 0 spiro atoms. The Kier molecular flexibility index (Phi) is 5.17. The van der Waals surface area contributed by atoms with Crippen molar-refractivity contribution in [2.75, 3.05) is 6.61 Å². The van der Waals surface area contributed by atoms with Crippen molar-refractivity contribution < 1.29 is 22.7 Å². The molecule has 116 valence electrons. The SMILES string of the molecule is O=C(N[C@H]1CCC[C@@H](OCC(F)(F)F)C1)c1ccccn1. The summed E-state index contributed by atoms with van der Waals surface area (Å²) in [5, 5.41) is 2.80. The van der Waals surface area contributed by atoms with Gasteiger partial charge in [0.15, 0.2) is 0 Å². The average molecular weight is 302 g/mol. The van der Waals surface area contributed by atoms with Crippen molar-refractivity contribution in [2.24, 2.45) is 0 Å². The summed E-state index contributed by atoms with van der Waals surface area (Å²) in [7, 11) is 0. The van der Waals surface area contributed by atoms with Gasteiger partial charge in [0.25, 0.3) is 5.91 Å². The van der Waals surface area contributed by atoms with Crippen LogP contribution in [0.1, 0.15) is 36.2 Å². The lowest BCUT2D eigenvalue weighted by Gasteiger charge is -2.29. The van der Waals surface area contributed by atoms with E-state index in [4.69, 9.17) is 4.74 Å². The van der Waals surface area contributed by atoms with E-state index in [2.05, 4.69) is 10.3 Å². The minimum absolute atomic E-state index is 0.175. The van der Waals surface area contributed by atoms with Gasteiger partial charge in [0, 0.05) is 12.2 Å². The molecule has 0 unspecified atom stereocenters. The lowest BCUT2D eigenvalue weighted by atomic mass is 9.92. The lowest BCUT2D eigenvalue weighted by Crippen LogP contribution is -2.41. The van der Waals surface area contributed by atoms with Gasteiger partial charge < -0.3 is 10.1 Å². The van der Waals surface area contributed by atoms with Gasteiger partial charge in [0.05, 0.1) is 6.10 Å². The lowest BCUT2D eigenvalue weighted by molar-refractivity contribution is -0.188. The van der Waals surface area contributed by atoms with E-state index in [1.807, 2.05) is 0 Å². The third kappa shape index (κ3) is 5.34. The molecule has 4 nitrogen and oxygen atoms in total. The maximum absolute atomic E-state index is 12.1. The van der Waals surface area contributed by atoms with Gasteiger partial charge in [0.1, 0.15) is 12.3 Å². The van der Waals surface area contributed by atoms with Crippen LogP contribution in [-0.2, 0) is 4.74 Å². The Morgan fingerprint density at radius 1 is 1.38 bits per heavy atom. The van der Waals surface area contributed by atoms with Crippen molar-refractivity contribution in [2.45, 2.75) is 44.0 Å². The molecule has 0 radical (unpaired) electrons. The van der Waals surface area contributed by atoms with Crippen LogP contribution in [0.15, 0.2) is 24.4 Å². The molecule has 21 heavy (non-hydrogen) atoms. The molecule has 0 saturated heterocycles. The fourth-order valence-corrected chi connectivity index (χ4v) is 2.40. The van der Waals surface area contributed by atoms with Crippen molar-refractivity contribution in [3.8, 4) is 0 Å². The van der Waals surface area contributed by atoms with Gasteiger partial charge >= 0.3 is 6.18 Å². The number of hydrogen-bond acceptors (Lipinski definition) is 3. The molecule has 1 heterocycles. The number of ether oxygens (including phenoxy) is 1. The molecule has 0 aliphatic heterocycles. The normalized spacial score (nSPS) is 22.8. The molecular weight excluding hydrogens is 285 g/mol. The van der Waals surface area contributed by atoms with Gasteiger partial charge in [0.2, 0.25) is 0 Å². The van der Waals surface area contributed by atoms with E-state index in [1.165, 1.54) is 6.20 Å². The average Bonchev–Trinajstić information content (AvgIpc) is 2.46. The number of nitrogens with zero attached hydrogens (tertiary/aromatic N) is 1. The monoisotopic (exact) mass is 302 g/mol. The third-order valence-electron chi connectivity index (χ3n) is 3.34. The van der Waals surface area contributed by atoms with E-state index in [0.717, 1.165) is 12.8 Å². The van der Waals surface area contributed by atoms with Crippen LogP contribution in [0.5, 0.6) is 0 Å². The second-order valence-electron chi connectivity index (χ2n) is 5.10. The van der Waals surface area contributed by atoms with Crippen LogP contribution in [0.3, 0.4) is 0 Å². The van der Waals surface area contributed by atoms with Gasteiger partial charge in [-0.2, -0.15) is 13.2 Å². The molecule has 1 N–H and O–H groups in total. The third-order valence-corrected chi connectivity index (χ3v) is 3.34. The highest BCUT2D eigenvalue weighted by Gasteiger charge is 2.31. The fourth-order valence-electron chi connectivity index (χ4n) is 2.40. The van der Waals surface area contributed by atoms with Crippen molar-refractivity contribution in [3.63, 3.8) is 0 Å². The first kappa shape index (κ1) is 15.8. The van der Waals surface area contributed by atoms with Crippen LogP contribution in [0.4, 0.5) is 13.2 Å². The number of rotatable bonds is 4. The first-order chi connectivity index (χ1) is 9.94. The van der Waals surface area contributed by atoms with Crippen molar-refractivity contribution >= 4 is 5.91 Å². The number of carbonyl (C=O) groups excluding carboxylic acids is 1. The topological polar surface area (TPSA) is 51.2 Å². The molecule has 1 aromatic heterocycles.